The number of aromatic nitrogens is 3. The molecule has 0 aliphatic carbocycles. The number of nitrogens with one attached hydrogen (secondary N) is 1. The van der Waals surface area contributed by atoms with Gasteiger partial charge in [-0.3, -0.25) is 5.10 Å². The Bertz CT molecular complexity index is 601. The maximum atomic E-state index is 6.15. The van der Waals surface area contributed by atoms with Crippen LogP contribution in [0.1, 0.15) is 18.4 Å². The molecule has 0 unspecified atom stereocenters. The second-order valence-electron chi connectivity index (χ2n) is 5.27. The first-order valence-corrected chi connectivity index (χ1v) is 7.21. The topological polar surface area (TPSA) is 70.8 Å². The van der Waals surface area contributed by atoms with Gasteiger partial charge in [-0.15, -0.1) is 5.10 Å². The molecule has 1 aliphatic heterocycles. The van der Waals surface area contributed by atoms with E-state index >= 15 is 0 Å². The van der Waals surface area contributed by atoms with Crippen molar-refractivity contribution in [3.05, 3.63) is 28.8 Å². The molecule has 0 amide bonds. The van der Waals surface area contributed by atoms with Crippen LogP contribution in [0.25, 0.3) is 11.4 Å². The van der Waals surface area contributed by atoms with Crippen LogP contribution in [0, 0.1) is 6.92 Å². The number of benzene rings is 1. The van der Waals surface area contributed by atoms with Crippen molar-refractivity contribution in [3.63, 3.8) is 0 Å². The van der Waals surface area contributed by atoms with Crippen LogP contribution in [0.15, 0.2) is 18.2 Å². The van der Waals surface area contributed by atoms with Crippen molar-refractivity contribution in [2.24, 2.45) is 5.73 Å². The number of hydrogen-bond acceptors (Lipinski definition) is 4. The normalized spacial score (nSPS) is 16.6. The van der Waals surface area contributed by atoms with Crippen LogP contribution >= 0.6 is 11.6 Å². The zero-order valence-corrected chi connectivity index (χ0v) is 12.2. The van der Waals surface area contributed by atoms with E-state index in [1.165, 1.54) is 0 Å². The molecule has 3 rings (SSSR count). The lowest BCUT2D eigenvalue weighted by Gasteiger charge is -2.28. The fourth-order valence-corrected chi connectivity index (χ4v) is 2.54. The van der Waals surface area contributed by atoms with E-state index in [0.29, 0.717) is 6.04 Å². The van der Waals surface area contributed by atoms with E-state index in [2.05, 4.69) is 20.1 Å². The highest BCUT2D eigenvalue weighted by molar-refractivity contribution is 6.31. The van der Waals surface area contributed by atoms with Gasteiger partial charge in [-0.05, 0) is 31.4 Å². The fraction of sp³-hybridized carbons (Fsp3) is 0.429. The number of aromatic amines is 1. The molecular formula is C14H18ClN5. The number of aryl methyl sites for hydroxylation is 1. The second kappa shape index (κ2) is 5.42. The first-order valence-electron chi connectivity index (χ1n) is 6.83. The minimum atomic E-state index is 0.306. The molecule has 1 aromatic heterocycles. The highest BCUT2D eigenvalue weighted by atomic mass is 35.5. The van der Waals surface area contributed by atoms with E-state index in [1.807, 2.05) is 25.1 Å². The molecule has 20 heavy (non-hydrogen) atoms. The van der Waals surface area contributed by atoms with Crippen molar-refractivity contribution >= 4 is 17.5 Å². The molecule has 1 fully saturated rings. The minimum absolute atomic E-state index is 0.306. The SMILES string of the molecule is Cc1ccc(-c2nc(N3CCC(N)CC3)n[nH]2)cc1Cl. The fourth-order valence-electron chi connectivity index (χ4n) is 2.36. The quantitative estimate of drug-likeness (QED) is 0.891. The van der Waals surface area contributed by atoms with Gasteiger partial charge in [0.25, 0.3) is 0 Å². The smallest absolute Gasteiger partial charge is 0.245 e. The Kier molecular flexibility index (Phi) is 3.63. The number of nitrogens with two attached hydrogens (primary N) is 1. The maximum Gasteiger partial charge on any atom is 0.245 e. The van der Waals surface area contributed by atoms with Crippen LogP contribution in [0.3, 0.4) is 0 Å². The Morgan fingerprint density at radius 2 is 2.10 bits per heavy atom. The lowest BCUT2D eigenvalue weighted by molar-refractivity contribution is 0.496. The van der Waals surface area contributed by atoms with Crippen molar-refractivity contribution in [2.45, 2.75) is 25.8 Å². The lowest BCUT2D eigenvalue weighted by Crippen LogP contribution is -2.40. The van der Waals surface area contributed by atoms with Gasteiger partial charge in [-0.25, -0.2) is 0 Å². The van der Waals surface area contributed by atoms with Crippen LogP contribution in [-0.4, -0.2) is 34.3 Å². The maximum absolute atomic E-state index is 6.15. The predicted molar refractivity (Wildman–Crippen MR) is 81.0 cm³/mol. The number of hydrogen-bond donors (Lipinski definition) is 2. The largest absolute Gasteiger partial charge is 0.339 e. The molecule has 0 radical (unpaired) electrons. The summed E-state index contributed by atoms with van der Waals surface area (Å²) in [6.07, 6.45) is 1.97. The monoisotopic (exact) mass is 291 g/mol. The van der Waals surface area contributed by atoms with Crippen molar-refractivity contribution in [1.82, 2.24) is 15.2 Å². The Balaban J connectivity index is 1.81. The molecule has 2 heterocycles. The summed E-state index contributed by atoms with van der Waals surface area (Å²) in [5, 5.41) is 8.02. The summed E-state index contributed by atoms with van der Waals surface area (Å²) < 4.78 is 0. The number of H-pyrrole nitrogens is 1. The van der Waals surface area contributed by atoms with Crippen molar-refractivity contribution in [2.75, 3.05) is 18.0 Å². The molecular weight excluding hydrogens is 274 g/mol. The Labute approximate surface area is 123 Å². The summed E-state index contributed by atoms with van der Waals surface area (Å²) in [5.74, 6) is 1.49. The van der Waals surface area contributed by atoms with Gasteiger partial charge in [0.1, 0.15) is 0 Å². The zero-order chi connectivity index (χ0) is 14.1. The number of halogens is 1. The zero-order valence-electron chi connectivity index (χ0n) is 11.4. The number of anilines is 1. The first kappa shape index (κ1) is 13.4. The molecule has 6 heteroatoms. The molecule has 0 bridgehead atoms. The van der Waals surface area contributed by atoms with Gasteiger partial charge in [0.05, 0.1) is 0 Å². The summed E-state index contributed by atoms with van der Waals surface area (Å²) >= 11 is 6.15. The highest BCUT2D eigenvalue weighted by Gasteiger charge is 2.19. The Hall–Kier alpha value is -1.59. The standard InChI is InChI=1S/C14H18ClN5/c1-9-2-3-10(8-12(9)15)13-17-14(19-18-13)20-6-4-11(16)5-7-20/h2-3,8,11H,4-7,16H2,1H3,(H,17,18,19). The van der Waals surface area contributed by atoms with Gasteiger partial charge in [0.15, 0.2) is 5.82 Å². The molecule has 106 valence electrons. The van der Waals surface area contributed by atoms with Crippen LogP contribution in [0.4, 0.5) is 5.95 Å². The molecule has 0 spiro atoms. The van der Waals surface area contributed by atoms with E-state index in [9.17, 15) is 0 Å². The Morgan fingerprint density at radius 3 is 2.80 bits per heavy atom. The predicted octanol–water partition coefficient (Wildman–Crippen LogP) is 2.36. The molecule has 1 saturated heterocycles. The van der Waals surface area contributed by atoms with Gasteiger partial charge >= 0.3 is 0 Å². The molecule has 0 saturated carbocycles. The van der Waals surface area contributed by atoms with Crippen LogP contribution in [0.2, 0.25) is 5.02 Å². The van der Waals surface area contributed by atoms with Gasteiger partial charge in [-0.2, -0.15) is 4.98 Å². The molecule has 2 aromatic rings. The van der Waals surface area contributed by atoms with E-state index < -0.39 is 0 Å². The summed E-state index contributed by atoms with van der Waals surface area (Å²) in [6, 6.07) is 6.20. The molecule has 5 nitrogen and oxygen atoms in total. The van der Waals surface area contributed by atoms with Gasteiger partial charge < -0.3 is 10.6 Å². The van der Waals surface area contributed by atoms with E-state index in [4.69, 9.17) is 17.3 Å². The second-order valence-corrected chi connectivity index (χ2v) is 5.68. The minimum Gasteiger partial charge on any atom is -0.339 e. The molecule has 1 aliphatic rings. The van der Waals surface area contributed by atoms with Crippen molar-refractivity contribution in [3.8, 4) is 11.4 Å². The summed E-state index contributed by atoms with van der Waals surface area (Å²) in [5.41, 5.74) is 7.92. The number of rotatable bonds is 2. The lowest BCUT2D eigenvalue weighted by atomic mass is 10.1. The third-order valence-corrected chi connectivity index (χ3v) is 4.15. The van der Waals surface area contributed by atoms with Crippen LogP contribution < -0.4 is 10.6 Å². The highest BCUT2D eigenvalue weighted by Crippen LogP contribution is 2.24. The third-order valence-electron chi connectivity index (χ3n) is 3.74. The number of piperidine rings is 1. The third kappa shape index (κ3) is 2.64. The first-order chi connectivity index (χ1) is 9.63. The van der Waals surface area contributed by atoms with Crippen molar-refractivity contribution < 1.29 is 0 Å². The summed E-state index contributed by atoms with van der Waals surface area (Å²) in [4.78, 5) is 6.73. The molecule has 3 N–H and O–H groups in total. The van der Waals surface area contributed by atoms with Gasteiger partial charge in [0.2, 0.25) is 5.95 Å². The Morgan fingerprint density at radius 1 is 1.35 bits per heavy atom. The van der Waals surface area contributed by atoms with Gasteiger partial charge in [-0.1, -0.05) is 23.7 Å². The van der Waals surface area contributed by atoms with Crippen molar-refractivity contribution in [1.29, 1.82) is 0 Å². The number of nitrogens with zero attached hydrogens (tertiary/aromatic N) is 3. The van der Waals surface area contributed by atoms with E-state index in [-0.39, 0.29) is 0 Å². The van der Waals surface area contributed by atoms with Crippen LogP contribution in [0.5, 0.6) is 0 Å². The summed E-state index contributed by atoms with van der Waals surface area (Å²) in [6.45, 7) is 3.80. The molecule has 0 atom stereocenters. The molecule has 1 aromatic carbocycles. The van der Waals surface area contributed by atoms with E-state index in [1.54, 1.807) is 0 Å². The van der Waals surface area contributed by atoms with Crippen LogP contribution in [-0.2, 0) is 0 Å². The summed E-state index contributed by atoms with van der Waals surface area (Å²) in [7, 11) is 0. The van der Waals surface area contributed by atoms with Gasteiger partial charge in [0, 0.05) is 29.7 Å². The van der Waals surface area contributed by atoms with E-state index in [0.717, 1.165) is 53.9 Å². The average molecular weight is 292 g/mol. The average Bonchev–Trinajstić information content (AvgIpc) is 2.92.